The van der Waals surface area contributed by atoms with Gasteiger partial charge in [0.1, 0.15) is 0 Å². The minimum absolute atomic E-state index is 0.0904. The molecule has 2 rings (SSSR count). The highest BCUT2D eigenvalue weighted by atomic mass is 16.5. The minimum atomic E-state index is 0.0904. The number of likely N-dealkylation sites (N-methyl/N-ethyl adjacent to an activating group) is 1. The summed E-state index contributed by atoms with van der Waals surface area (Å²) in [5.41, 5.74) is 0.0904. The lowest BCUT2D eigenvalue weighted by molar-refractivity contribution is -0.0370. The molecular formula is C14H28N2O2. The van der Waals surface area contributed by atoms with Gasteiger partial charge in [-0.05, 0) is 46.3 Å². The summed E-state index contributed by atoms with van der Waals surface area (Å²) >= 11 is 0. The van der Waals surface area contributed by atoms with E-state index in [-0.39, 0.29) is 5.41 Å². The molecule has 0 aliphatic carbocycles. The van der Waals surface area contributed by atoms with E-state index in [1.165, 1.54) is 19.4 Å². The van der Waals surface area contributed by atoms with E-state index in [1.54, 1.807) is 0 Å². The first kappa shape index (κ1) is 14.3. The van der Waals surface area contributed by atoms with Gasteiger partial charge in [-0.3, -0.25) is 4.90 Å². The van der Waals surface area contributed by atoms with Gasteiger partial charge in [0.2, 0.25) is 0 Å². The molecule has 1 N–H and O–H groups in total. The molecule has 0 bridgehead atoms. The summed E-state index contributed by atoms with van der Waals surface area (Å²) in [6, 6.07) is 0.672. The van der Waals surface area contributed by atoms with Gasteiger partial charge in [0.05, 0.1) is 6.61 Å². The van der Waals surface area contributed by atoms with Crippen LogP contribution in [0, 0.1) is 5.41 Å². The van der Waals surface area contributed by atoms with E-state index in [1.807, 2.05) is 0 Å². The molecule has 0 aromatic carbocycles. The monoisotopic (exact) mass is 256 g/mol. The Morgan fingerprint density at radius 2 is 2.06 bits per heavy atom. The lowest BCUT2D eigenvalue weighted by atomic mass is 9.80. The van der Waals surface area contributed by atoms with Crippen LogP contribution < -0.4 is 0 Å². The van der Waals surface area contributed by atoms with Gasteiger partial charge >= 0.3 is 0 Å². The first-order chi connectivity index (χ1) is 8.65. The van der Waals surface area contributed by atoms with Crippen molar-refractivity contribution in [2.45, 2.75) is 31.7 Å². The van der Waals surface area contributed by atoms with Gasteiger partial charge in [0.25, 0.3) is 0 Å². The van der Waals surface area contributed by atoms with Crippen LogP contribution in [0.2, 0.25) is 0 Å². The molecule has 0 aromatic rings. The topological polar surface area (TPSA) is 35.9 Å². The molecule has 2 heterocycles. The predicted molar refractivity (Wildman–Crippen MR) is 72.7 cm³/mol. The maximum absolute atomic E-state index is 9.78. The van der Waals surface area contributed by atoms with E-state index >= 15 is 0 Å². The smallest absolute Gasteiger partial charge is 0.0501 e. The quantitative estimate of drug-likeness (QED) is 0.789. The first-order valence-corrected chi connectivity index (χ1v) is 7.23. The molecule has 4 heteroatoms. The predicted octanol–water partition coefficient (Wildman–Crippen LogP) is 0.802. The first-order valence-electron chi connectivity index (χ1n) is 7.23. The summed E-state index contributed by atoms with van der Waals surface area (Å²) in [5, 5.41) is 9.78. The molecule has 4 nitrogen and oxygen atoms in total. The lowest BCUT2D eigenvalue weighted by Crippen LogP contribution is -2.47. The van der Waals surface area contributed by atoms with Crippen LogP contribution in [-0.2, 0) is 4.74 Å². The number of hydrogen-bond donors (Lipinski definition) is 1. The average molecular weight is 256 g/mol. The van der Waals surface area contributed by atoms with Crippen LogP contribution in [0.25, 0.3) is 0 Å². The zero-order chi connectivity index (χ0) is 13.0. The van der Waals surface area contributed by atoms with Gasteiger partial charge in [-0.2, -0.15) is 0 Å². The third kappa shape index (κ3) is 3.44. The average Bonchev–Trinajstić information content (AvgIpc) is 2.77. The largest absolute Gasteiger partial charge is 0.396 e. The molecule has 2 aliphatic heterocycles. The third-order valence-electron chi connectivity index (χ3n) is 4.50. The summed E-state index contributed by atoms with van der Waals surface area (Å²) < 4.78 is 5.44. The van der Waals surface area contributed by atoms with E-state index in [0.29, 0.717) is 12.6 Å². The molecule has 0 spiro atoms. The van der Waals surface area contributed by atoms with Crippen molar-refractivity contribution in [3.05, 3.63) is 0 Å². The van der Waals surface area contributed by atoms with E-state index in [2.05, 4.69) is 23.9 Å². The number of hydrogen-bond acceptors (Lipinski definition) is 4. The van der Waals surface area contributed by atoms with E-state index in [9.17, 15) is 5.11 Å². The standard InChI is InChI=1S/C14H28N2O2/c1-15(2)10-13-4-3-7-16(13)11-14(12-17)5-8-18-9-6-14/h13,17H,3-12H2,1-2H3. The van der Waals surface area contributed by atoms with E-state index in [0.717, 1.165) is 39.1 Å². The highest BCUT2D eigenvalue weighted by molar-refractivity contribution is 4.90. The van der Waals surface area contributed by atoms with Crippen molar-refractivity contribution in [3.63, 3.8) is 0 Å². The Hall–Kier alpha value is -0.160. The summed E-state index contributed by atoms with van der Waals surface area (Å²) in [5.74, 6) is 0. The second-order valence-corrected chi connectivity index (χ2v) is 6.30. The zero-order valence-electron chi connectivity index (χ0n) is 11.9. The fraction of sp³-hybridized carbons (Fsp3) is 1.00. The Kier molecular flexibility index (Phi) is 5.01. The van der Waals surface area contributed by atoms with E-state index < -0.39 is 0 Å². The van der Waals surface area contributed by atoms with Crippen molar-refractivity contribution in [1.29, 1.82) is 0 Å². The maximum Gasteiger partial charge on any atom is 0.0501 e. The molecule has 0 radical (unpaired) electrons. The summed E-state index contributed by atoms with van der Waals surface area (Å²) in [7, 11) is 4.29. The van der Waals surface area contributed by atoms with Crippen LogP contribution in [0.4, 0.5) is 0 Å². The van der Waals surface area contributed by atoms with Gasteiger partial charge in [0, 0.05) is 37.8 Å². The van der Waals surface area contributed by atoms with Gasteiger partial charge in [-0.1, -0.05) is 0 Å². The van der Waals surface area contributed by atoms with Crippen LogP contribution in [-0.4, -0.2) is 74.5 Å². The Balaban J connectivity index is 1.93. The Morgan fingerprint density at radius 3 is 2.67 bits per heavy atom. The zero-order valence-corrected chi connectivity index (χ0v) is 11.9. The van der Waals surface area contributed by atoms with Crippen molar-refractivity contribution in [3.8, 4) is 0 Å². The Labute approximate surface area is 111 Å². The minimum Gasteiger partial charge on any atom is -0.396 e. The highest BCUT2D eigenvalue weighted by Crippen LogP contribution is 2.33. The summed E-state index contributed by atoms with van der Waals surface area (Å²) in [4.78, 5) is 4.88. The van der Waals surface area contributed by atoms with Crippen LogP contribution in [0.5, 0.6) is 0 Å². The number of rotatable bonds is 5. The van der Waals surface area contributed by atoms with Crippen molar-refractivity contribution < 1.29 is 9.84 Å². The van der Waals surface area contributed by atoms with Crippen molar-refractivity contribution in [1.82, 2.24) is 9.80 Å². The van der Waals surface area contributed by atoms with Gasteiger partial charge in [0.15, 0.2) is 0 Å². The maximum atomic E-state index is 9.78. The van der Waals surface area contributed by atoms with Gasteiger partial charge in [-0.25, -0.2) is 0 Å². The van der Waals surface area contributed by atoms with Crippen LogP contribution in [0.3, 0.4) is 0 Å². The highest BCUT2D eigenvalue weighted by Gasteiger charge is 2.37. The molecule has 0 amide bonds. The van der Waals surface area contributed by atoms with Crippen LogP contribution >= 0.6 is 0 Å². The fourth-order valence-corrected chi connectivity index (χ4v) is 3.33. The molecule has 2 aliphatic rings. The Morgan fingerprint density at radius 1 is 1.33 bits per heavy atom. The molecule has 18 heavy (non-hydrogen) atoms. The number of aliphatic hydroxyl groups excluding tert-OH is 1. The number of likely N-dealkylation sites (tertiary alicyclic amines) is 1. The van der Waals surface area contributed by atoms with Gasteiger partial charge in [-0.15, -0.1) is 0 Å². The Bertz CT molecular complexity index is 252. The molecule has 0 aromatic heterocycles. The third-order valence-corrected chi connectivity index (χ3v) is 4.50. The summed E-state index contributed by atoms with van der Waals surface area (Å²) in [6.45, 7) is 5.31. The van der Waals surface area contributed by atoms with Gasteiger partial charge < -0.3 is 14.7 Å². The molecule has 0 saturated carbocycles. The van der Waals surface area contributed by atoms with Crippen molar-refractivity contribution in [2.24, 2.45) is 5.41 Å². The lowest BCUT2D eigenvalue weighted by Gasteiger charge is -2.40. The molecule has 1 atom stereocenters. The molecule has 2 saturated heterocycles. The SMILES string of the molecule is CN(C)CC1CCCN1CC1(CO)CCOCC1. The summed E-state index contributed by atoms with van der Waals surface area (Å²) in [6.07, 6.45) is 4.62. The molecule has 2 fully saturated rings. The molecule has 106 valence electrons. The number of ether oxygens (including phenoxy) is 1. The fourth-order valence-electron chi connectivity index (χ4n) is 3.33. The van der Waals surface area contributed by atoms with Crippen molar-refractivity contribution >= 4 is 0 Å². The molecular weight excluding hydrogens is 228 g/mol. The second-order valence-electron chi connectivity index (χ2n) is 6.30. The normalized spacial score (nSPS) is 29.0. The van der Waals surface area contributed by atoms with Crippen molar-refractivity contribution in [2.75, 3.05) is 53.6 Å². The number of nitrogens with zero attached hydrogens (tertiary/aromatic N) is 2. The molecule has 1 unspecified atom stereocenters. The second kappa shape index (κ2) is 6.33. The number of aliphatic hydroxyl groups is 1. The van der Waals surface area contributed by atoms with Crippen LogP contribution in [0.1, 0.15) is 25.7 Å². The van der Waals surface area contributed by atoms with Crippen LogP contribution in [0.15, 0.2) is 0 Å². The van der Waals surface area contributed by atoms with E-state index in [4.69, 9.17) is 4.74 Å².